The number of carboxylic acids is 1. The monoisotopic (exact) mass is 512 g/mol. The van der Waals surface area contributed by atoms with Gasteiger partial charge >= 0.3 is 18.1 Å². The lowest BCUT2D eigenvalue weighted by Crippen LogP contribution is -2.54. The highest BCUT2D eigenvalue weighted by atomic mass is 19.4. The first-order valence-corrected chi connectivity index (χ1v) is 11.7. The second-order valence-electron chi connectivity index (χ2n) is 9.05. The van der Waals surface area contributed by atoms with Gasteiger partial charge in [0.25, 0.3) is 0 Å². The maximum Gasteiger partial charge on any atom is 0.491 e. The molecular formula is C26H23F3N4O4. The number of aromatic nitrogens is 2. The Kier molecular flexibility index (Phi) is 6.55. The molecule has 2 aromatic heterocycles. The number of pyridine rings is 2. The number of anilines is 1. The predicted molar refractivity (Wildman–Crippen MR) is 127 cm³/mol. The molecule has 1 N–H and O–H groups in total. The molecule has 0 radical (unpaired) electrons. The fraction of sp³-hybridized carbons (Fsp3) is 0.308. The predicted octanol–water partition coefficient (Wildman–Crippen LogP) is 3.95. The molecule has 192 valence electrons. The summed E-state index contributed by atoms with van der Waals surface area (Å²) in [6, 6.07) is 12.2. The largest absolute Gasteiger partial charge is 0.491 e. The summed E-state index contributed by atoms with van der Waals surface area (Å²) in [4.78, 5) is 35.4. The highest BCUT2D eigenvalue weighted by molar-refractivity contribution is 5.88. The zero-order valence-electron chi connectivity index (χ0n) is 19.6. The molecule has 2 aliphatic heterocycles. The van der Waals surface area contributed by atoms with Crippen LogP contribution in [0.25, 0.3) is 11.3 Å². The van der Waals surface area contributed by atoms with Crippen molar-refractivity contribution in [3.05, 3.63) is 71.5 Å². The summed E-state index contributed by atoms with van der Waals surface area (Å²) >= 11 is 0. The van der Waals surface area contributed by atoms with Gasteiger partial charge in [0, 0.05) is 61.9 Å². The molecule has 0 saturated carbocycles. The Balaban J connectivity index is 1.28. The number of ether oxygens (including phenoxy) is 1. The van der Waals surface area contributed by atoms with Crippen molar-refractivity contribution < 1.29 is 32.6 Å². The van der Waals surface area contributed by atoms with E-state index in [-0.39, 0.29) is 0 Å². The highest BCUT2D eigenvalue weighted by Gasteiger charge is 2.41. The van der Waals surface area contributed by atoms with Crippen molar-refractivity contribution in [2.75, 3.05) is 24.5 Å². The van der Waals surface area contributed by atoms with Gasteiger partial charge in [0.15, 0.2) is 0 Å². The third-order valence-corrected chi connectivity index (χ3v) is 6.67. The first-order valence-electron chi connectivity index (χ1n) is 11.7. The number of halogens is 3. The molecule has 1 aromatic carbocycles. The van der Waals surface area contributed by atoms with Crippen molar-refractivity contribution in [3.8, 4) is 17.1 Å². The number of benzene rings is 1. The third-order valence-electron chi connectivity index (χ3n) is 6.67. The number of fused-ring (bicyclic) bond motifs is 3. The normalized spacial score (nSPS) is 17.6. The molecule has 0 spiro atoms. The lowest BCUT2D eigenvalue weighted by molar-refractivity contribution is -0.190. The van der Waals surface area contributed by atoms with E-state index in [0.717, 1.165) is 49.3 Å². The minimum Gasteiger partial charge on any atom is -0.478 e. The summed E-state index contributed by atoms with van der Waals surface area (Å²) in [7, 11) is 0. The van der Waals surface area contributed by atoms with Crippen LogP contribution in [0.4, 0.5) is 18.9 Å². The molecule has 0 aliphatic carbocycles. The molecular weight excluding hydrogens is 489 g/mol. The number of aromatic carboxylic acids is 1. The van der Waals surface area contributed by atoms with Crippen molar-refractivity contribution in [1.29, 1.82) is 0 Å². The number of esters is 1. The molecule has 0 unspecified atom stereocenters. The van der Waals surface area contributed by atoms with Crippen LogP contribution >= 0.6 is 0 Å². The minimum atomic E-state index is -5.10. The summed E-state index contributed by atoms with van der Waals surface area (Å²) < 4.78 is 41.6. The summed E-state index contributed by atoms with van der Waals surface area (Å²) in [5.41, 5.74) is 4.67. The lowest BCUT2D eigenvalue weighted by Gasteiger charge is -2.46. The molecule has 1 fully saturated rings. The van der Waals surface area contributed by atoms with Crippen molar-refractivity contribution in [3.63, 3.8) is 0 Å². The molecule has 0 bridgehead atoms. The second-order valence-corrected chi connectivity index (χ2v) is 9.05. The van der Waals surface area contributed by atoms with Crippen molar-refractivity contribution in [2.24, 2.45) is 0 Å². The van der Waals surface area contributed by atoms with Crippen LogP contribution in [0.3, 0.4) is 0 Å². The zero-order chi connectivity index (χ0) is 26.2. The van der Waals surface area contributed by atoms with Crippen LogP contribution in [-0.4, -0.2) is 63.8 Å². The fourth-order valence-corrected chi connectivity index (χ4v) is 4.95. The van der Waals surface area contributed by atoms with E-state index in [4.69, 9.17) is 0 Å². The SMILES string of the molecule is O=C(O)c1ccc2c(c1)CC[C@H]1CN(Cc3cccnc3-c3ccc(OC(=O)C(F)(F)F)nc3)CCN21. The number of carboxylic acid groups (broad SMARTS) is 1. The number of carbonyl (C=O) groups excluding carboxylic acids is 1. The molecule has 1 atom stereocenters. The van der Waals surface area contributed by atoms with E-state index in [1.807, 2.05) is 18.2 Å². The molecule has 4 heterocycles. The van der Waals surface area contributed by atoms with Crippen LogP contribution < -0.4 is 9.64 Å². The van der Waals surface area contributed by atoms with E-state index in [0.29, 0.717) is 29.4 Å². The summed E-state index contributed by atoms with van der Waals surface area (Å²) in [5.74, 6) is -3.68. The Labute approximate surface area is 210 Å². The van der Waals surface area contributed by atoms with E-state index in [2.05, 4.69) is 24.5 Å². The van der Waals surface area contributed by atoms with Gasteiger partial charge in [0.05, 0.1) is 11.3 Å². The molecule has 5 rings (SSSR count). The van der Waals surface area contributed by atoms with E-state index < -0.39 is 24.0 Å². The molecule has 1 saturated heterocycles. The van der Waals surface area contributed by atoms with E-state index in [1.54, 1.807) is 18.3 Å². The quantitative estimate of drug-likeness (QED) is 0.514. The number of hydrogen-bond donors (Lipinski definition) is 1. The summed E-state index contributed by atoms with van der Waals surface area (Å²) in [5, 5.41) is 9.29. The number of rotatable bonds is 5. The first kappa shape index (κ1) is 24.7. The van der Waals surface area contributed by atoms with Crippen LogP contribution in [0.1, 0.15) is 27.9 Å². The number of hydrogen-bond acceptors (Lipinski definition) is 7. The first-order chi connectivity index (χ1) is 17.7. The smallest absolute Gasteiger partial charge is 0.478 e. The minimum absolute atomic E-state index is 0.306. The second kappa shape index (κ2) is 9.81. The van der Waals surface area contributed by atoms with Gasteiger partial charge in [0.2, 0.25) is 5.88 Å². The molecule has 3 aromatic rings. The molecule has 2 aliphatic rings. The lowest BCUT2D eigenvalue weighted by atomic mass is 9.92. The van der Waals surface area contributed by atoms with Gasteiger partial charge in [-0.15, -0.1) is 0 Å². The maximum atomic E-state index is 12.4. The van der Waals surface area contributed by atoms with Crippen molar-refractivity contribution in [1.82, 2.24) is 14.9 Å². The Morgan fingerprint density at radius 3 is 2.68 bits per heavy atom. The van der Waals surface area contributed by atoms with Crippen LogP contribution in [-0.2, 0) is 17.8 Å². The molecule has 0 amide bonds. The Morgan fingerprint density at radius 1 is 1.11 bits per heavy atom. The van der Waals surface area contributed by atoms with E-state index >= 15 is 0 Å². The Bertz CT molecular complexity index is 1330. The van der Waals surface area contributed by atoms with Gasteiger partial charge in [-0.05, 0) is 54.3 Å². The van der Waals surface area contributed by atoms with Crippen molar-refractivity contribution in [2.45, 2.75) is 31.6 Å². The topological polar surface area (TPSA) is 95.9 Å². The van der Waals surface area contributed by atoms with E-state index in [9.17, 15) is 27.9 Å². The van der Waals surface area contributed by atoms with Crippen molar-refractivity contribution >= 4 is 17.6 Å². The molecule has 8 nitrogen and oxygen atoms in total. The summed E-state index contributed by atoms with van der Waals surface area (Å²) in [6.45, 7) is 3.07. The number of carbonyl (C=O) groups is 2. The van der Waals surface area contributed by atoms with Gasteiger partial charge in [0.1, 0.15) is 0 Å². The third kappa shape index (κ3) is 5.26. The number of aryl methyl sites for hydroxylation is 1. The number of piperazine rings is 1. The average molecular weight is 512 g/mol. The fourth-order valence-electron chi connectivity index (χ4n) is 4.95. The van der Waals surface area contributed by atoms with Gasteiger partial charge < -0.3 is 14.7 Å². The van der Waals surface area contributed by atoms with Gasteiger partial charge in [-0.3, -0.25) is 9.88 Å². The highest BCUT2D eigenvalue weighted by Crippen LogP contribution is 2.34. The van der Waals surface area contributed by atoms with Gasteiger partial charge in [-0.1, -0.05) is 6.07 Å². The van der Waals surface area contributed by atoms with Gasteiger partial charge in [-0.25, -0.2) is 14.6 Å². The van der Waals surface area contributed by atoms with Gasteiger partial charge in [-0.2, -0.15) is 13.2 Å². The van der Waals surface area contributed by atoms with Crippen LogP contribution in [0.2, 0.25) is 0 Å². The Morgan fingerprint density at radius 2 is 1.95 bits per heavy atom. The number of alkyl halides is 3. The summed E-state index contributed by atoms with van der Waals surface area (Å²) in [6.07, 6.45) is -0.376. The average Bonchev–Trinajstić information content (AvgIpc) is 2.88. The maximum absolute atomic E-state index is 12.4. The standard InChI is InChI=1S/C26H23F3N4O4/c27-26(28,29)25(36)37-22-8-5-18(13-31-22)23-19(2-1-9-30-23)14-32-10-11-33-20(15-32)6-3-16-12-17(24(34)35)4-7-21(16)33/h1-2,4-5,7-9,12-13,20H,3,6,10-11,14-15H2,(H,34,35)/t20-/m0/s1. The van der Waals surface area contributed by atoms with Crippen LogP contribution in [0.5, 0.6) is 5.88 Å². The molecule has 11 heteroatoms. The Hall–Kier alpha value is -3.99. The zero-order valence-corrected chi connectivity index (χ0v) is 19.6. The number of nitrogens with zero attached hydrogens (tertiary/aromatic N) is 4. The van der Waals surface area contributed by atoms with Crippen LogP contribution in [0, 0.1) is 0 Å². The van der Waals surface area contributed by atoms with Crippen LogP contribution in [0.15, 0.2) is 54.9 Å². The molecule has 37 heavy (non-hydrogen) atoms. The van der Waals surface area contributed by atoms with E-state index in [1.165, 1.54) is 18.3 Å².